The topological polar surface area (TPSA) is 67.6 Å². The minimum absolute atomic E-state index is 0.134. The number of nitrogens with one attached hydrogen (secondary N) is 1. The lowest BCUT2D eigenvalue weighted by Crippen LogP contribution is -2.14. The molecule has 0 aliphatic heterocycles. The molecule has 0 aromatic carbocycles. The summed E-state index contributed by atoms with van der Waals surface area (Å²) in [5, 5.41) is 7.91. The van der Waals surface area contributed by atoms with Crippen molar-refractivity contribution in [3.63, 3.8) is 0 Å². The van der Waals surface area contributed by atoms with Crippen LogP contribution in [0.4, 0.5) is 0 Å². The summed E-state index contributed by atoms with van der Waals surface area (Å²) in [4.78, 5) is 3.01. The molecule has 3 N–H and O–H groups in total. The van der Waals surface area contributed by atoms with Gasteiger partial charge in [-0.05, 0) is 23.8 Å². The molecule has 0 bridgehead atoms. The smallest absolute Gasteiger partial charge is 0.0719 e. The van der Waals surface area contributed by atoms with Crippen LogP contribution in [0.25, 0.3) is 0 Å². The maximum atomic E-state index is 5.71. The Hall–Kier alpha value is -1.68. The Bertz CT molecular complexity index is 368. The number of nitrogens with two attached hydrogens (primary N) is 1. The molecule has 1 unspecified atom stereocenters. The Labute approximate surface area is 82.2 Å². The average molecular weight is 188 g/mol. The van der Waals surface area contributed by atoms with E-state index in [1.807, 2.05) is 30.6 Å². The fraction of sp³-hybridized carbons (Fsp3) is 0.200. The van der Waals surface area contributed by atoms with Gasteiger partial charge in [0.15, 0.2) is 0 Å². The quantitative estimate of drug-likeness (QED) is 0.751. The number of aromatic amines is 1. The monoisotopic (exact) mass is 188 g/mol. The molecule has 0 aliphatic carbocycles. The zero-order valence-electron chi connectivity index (χ0n) is 7.72. The van der Waals surface area contributed by atoms with E-state index in [0.29, 0.717) is 6.54 Å². The van der Waals surface area contributed by atoms with Gasteiger partial charge in [0.05, 0.1) is 5.69 Å². The normalized spacial score (nSPS) is 12.6. The van der Waals surface area contributed by atoms with Crippen LogP contribution in [0.15, 0.2) is 36.8 Å². The molecule has 1 atom stereocenters. The molecule has 0 radical (unpaired) electrons. The predicted octanol–water partition coefficient (Wildman–Crippen LogP) is 0.895. The third-order valence-electron chi connectivity index (χ3n) is 2.21. The van der Waals surface area contributed by atoms with E-state index in [2.05, 4.69) is 15.2 Å². The third kappa shape index (κ3) is 1.65. The minimum Gasteiger partial charge on any atom is -0.367 e. The number of aromatic nitrogens is 3. The second-order valence-corrected chi connectivity index (χ2v) is 3.08. The molecule has 4 nitrogen and oxygen atoms in total. The van der Waals surface area contributed by atoms with Gasteiger partial charge in [-0.3, -0.25) is 0 Å². The van der Waals surface area contributed by atoms with Gasteiger partial charge >= 0.3 is 0 Å². The van der Waals surface area contributed by atoms with Gasteiger partial charge in [0.25, 0.3) is 0 Å². The summed E-state index contributed by atoms with van der Waals surface area (Å²) in [6.07, 6.45) is 5.48. The van der Waals surface area contributed by atoms with Crippen LogP contribution < -0.4 is 5.73 Å². The molecule has 0 fully saturated rings. The fourth-order valence-corrected chi connectivity index (χ4v) is 1.48. The molecule has 0 amide bonds. The summed E-state index contributed by atoms with van der Waals surface area (Å²) in [7, 11) is 0. The van der Waals surface area contributed by atoms with E-state index in [9.17, 15) is 0 Å². The standard InChI is InChI=1S/C10H12N4/c11-6-9(8-3-5-12-7-8)10-2-1-4-13-14-10/h1-5,7,9,12H,6,11H2. The van der Waals surface area contributed by atoms with Gasteiger partial charge in [0.1, 0.15) is 0 Å². The molecule has 0 saturated carbocycles. The highest BCUT2D eigenvalue weighted by Gasteiger charge is 2.13. The first-order valence-corrected chi connectivity index (χ1v) is 4.52. The van der Waals surface area contributed by atoms with Crippen LogP contribution in [-0.2, 0) is 0 Å². The summed E-state index contributed by atoms with van der Waals surface area (Å²) in [6.45, 7) is 0.538. The van der Waals surface area contributed by atoms with Crippen molar-refractivity contribution >= 4 is 0 Å². The number of H-pyrrole nitrogens is 1. The molecule has 4 heteroatoms. The molecular weight excluding hydrogens is 176 g/mol. The molecule has 2 aromatic rings. The lowest BCUT2D eigenvalue weighted by atomic mass is 9.98. The highest BCUT2D eigenvalue weighted by Crippen LogP contribution is 2.20. The highest BCUT2D eigenvalue weighted by molar-refractivity contribution is 5.25. The van der Waals surface area contributed by atoms with E-state index in [-0.39, 0.29) is 5.92 Å². The third-order valence-corrected chi connectivity index (χ3v) is 2.21. The van der Waals surface area contributed by atoms with E-state index < -0.39 is 0 Å². The van der Waals surface area contributed by atoms with Crippen molar-refractivity contribution in [1.82, 2.24) is 15.2 Å². The fourth-order valence-electron chi connectivity index (χ4n) is 1.48. The molecule has 2 rings (SSSR count). The molecule has 2 heterocycles. The van der Waals surface area contributed by atoms with Crippen molar-refractivity contribution in [3.05, 3.63) is 48.0 Å². The first-order chi connectivity index (χ1) is 6.92. The van der Waals surface area contributed by atoms with Crippen molar-refractivity contribution in [2.24, 2.45) is 5.73 Å². The second kappa shape index (κ2) is 4.02. The van der Waals surface area contributed by atoms with Gasteiger partial charge in [-0.1, -0.05) is 0 Å². The Morgan fingerprint density at radius 2 is 2.36 bits per heavy atom. The van der Waals surface area contributed by atoms with Gasteiger partial charge in [-0.2, -0.15) is 10.2 Å². The van der Waals surface area contributed by atoms with E-state index in [0.717, 1.165) is 11.3 Å². The Balaban J connectivity index is 2.31. The van der Waals surface area contributed by atoms with Gasteiger partial charge in [-0.25, -0.2) is 0 Å². The van der Waals surface area contributed by atoms with Crippen LogP contribution in [0.3, 0.4) is 0 Å². The SMILES string of the molecule is NCC(c1cc[nH]c1)c1cccnn1. The maximum absolute atomic E-state index is 5.71. The lowest BCUT2D eigenvalue weighted by molar-refractivity contribution is 0.761. The highest BCUT2D eigenvalue weighted by atomic mass is 15.1. The molecule has 2 aromatic heterocycles. The summed E-state index contributed by atoms with van der Waals surface area (Å²) in [5.41, 5.74) is 7.77. The Kier molecular flexibility index (Phi) is 2.55. The van der Waals surface area contributed by atoms with Crippen molar-refractivity contribution in [2.75, 3.05) is 6.54 Å². The van der Waals surface area contributed by atoms with Crippen LogP contribution in [-0.4, -0.2) is 21.7 Å². The van der Waals surface area contributed by atoms with E-state index in [4.69, 9.17) is 5.73 Å². The maximum Gasteiger partial charge on any atom is 0.0719 e. The van der Waals surface area contributed by atoms with E-state index in [1.54, 1.807) is 6.20 Å². The predicted molar refractivity (Wildman–Crippen MR) is 53.7 cm³/mol. The van der Waals surface area contributed by atoms with Gasteiger partial charge in [0.2, 0.25) is 0 Å². The summed E-state index contributed by atoms with van der Waals surface area (Å²) in [5.74, 6) is 0.134. The average Bonchev–Trinajstić information content (AvgIpc) is 2.74. The first kappa shape index (κ1) is 8.90. The summed E-state index contributed by atoms with van der Waals surface area (Å²) >= 11 is 0. The number of rotatable bonds is 3. The molecule has 0 saturated heterocycles. The van der Waals surface area contributed by atoms with E-state index >= 15 is 0 Å². The number of hydrogen-bond acceptors (Lipinski definition) is 3. The van der Waals surface area contributed by atoms with Gasteiger partial charge < -0.3 is 10.7 Å². The first-order valence-electron chi connectivity index (χ1n) is 4.52. The van der Waals surface area contributed by atoms with E-state index in [1.165, 1.54) is 0 Å². The molecule has 0 spiro atoms. The molecule has 14 heavy (non-hydrogen) atoms. The van der Waals surface area contributed by atoms with Crippen molar-refractivity contribution in [3.8, 4) is 0 Å². The minimum atomic E-state index is 0.134. The van der Waals surface area contributed by atoms with Crippen molar-refractivity contribution in [2.45, 2.75) is 5.92 Å². The van der Waals surface area contributed by atoms with Crippen LogP contribution in [0.1, 0.15) is 17.2 Å². The largest absolute Gasteiger partial charge is 0.367 e. The summed E-state index contributed by atoms with van der Waals surface area (Å²) in [6, 6.07) is 5.82. The molecule has 72 valence electrons. The number of hydrogen-bond donors (Lipinski definition) is 2. The Morgan fingerprint density at radius 1 is 1.43 bits per heavy atom. The number of nitrogens with zero attached hydrogens (tertiary/aromatic N) is 2. The van der Waals surface area contributed by atoms with Gasteiger partial charge in [-0.15, -0.1) is 0 Å². The van der Waals surface area contributed by atoms with Crippen molar-refractivity contribution in [1.29, 1.82) is 0 Å². The zero-order chi connectivity index (χ0) is 9.80. The molecule has 0 aliphatic rings. The second-order valence-electron chi connectivity index (χ2n) is 3.08. The van der Waals surface area contributed by atoms with Crippen molar-refractivity contribution < 1.29 is 0 Å². The zero-order valence-corrected chi connectivity index (χ0v) is 7.72. The van der Waals surface area contributed by atoms with Crippen LogP contribution in [0, 0.1) is 0 Å². The Morgan fingerprint density at radius 3 is 2.93 bits per heavy atom. The molecular formula is C10H12N4. The summed E-state index contributed by atoms with van der Waals surface area (Å²) < 4.78 is 0. The van der Waals surface area contributed by atoms with Crippen LogP contribution in [0.2, 0.25) is 0 Å². The van der Waals surface area contributed by atoms with Crippen LogP contribution >= 0.6 is 0 Å². The van der Waals surface area contributed by atoms with Gasteiger partial charge in [0, 0.05) is 31.1 Å². The lowest BCUT2D eigenvalue weighted by Gasteiger charge is -2.10. The van der Waals surface area contributed by atoms with Crippen LogP contribution in [0.5, 0.6) is 0 Å².